The molecule has 0 saturated heterocycles. The van der Waals surface area contributed by atoms with Crippen molar-refractivity contribution in [1.82, 2.24) is 4.90 Å². The monoisotopic (exact) mass is 274 g/mol. The summed E-state index contributed by atoms with van der Waals surface area (Å²) < 4.78 is 9.72. The van der Waals surface area contributed by atoms with Crippen LogP contribution in [0.15, 0.2) is 18.2 Å². The van der Waals surface area contributed by atoms with Gasteiger partial charge in [0.15, 0.2) is 0 Å². The molecular weight excluding hydrogens is 260 g/mol. The summed E-state index contributed by atoms with van der Waals surface area (Å²) in [4.78, 5) is 25.0. The van der Waals surface area contributed by atoms with Crippen molar-refractivity contribution in [3.05, 3.63) is 29.3 Å². The Morgan fingerprint density at radius 1 is 1.45 bits per heavy atom. The van der Waals surface area contributed by atoms with E-state index in [2.05, 4.69) is 10.8 Å². The third-order valence-corrected chi connectivity index (χ3v) is 3.27. The van der Waals surface area contributed by atoms with Crippen molar-refractivity contribution in [3.63, 3.8) is 0 Å². The van der Waals surface area contributed by atoms with E-state index in [-0.39, 0.29) is 18.9 Å². The first-order valence-corrected chi connectivity index (χ1v) is 6.08. The van der Waals surface area contributed by atoms with E-state index in [9.17, 15) is 14.9 Å². The van der Waals surface area contributed by atoms with Gasteiger partial charge in [-0.1, -0.05) is 12.1 Å². The molecule has 0 N–H and O–H groups in total. The molecule has 0 radical (unpaired) electrons. The smallest absolute Gasteiger partial charge is 0.307 e. The first-order valence-electron chi connectivity index (χ1n) is 6.08. The molecule has 1 aromatic rings. The zero-order valence-corrected chi connectivity index (χ0v) is 11.3. The maximum Gasteiger partial charge on any atom is 0.307 e. The van der Waals surface area contributed by atoms with E-state index in [0.717, 1.165) is 0 Å². The number of rotatable bonds is 4. The second-order valence-electron chi connectivity index (χ2n) is 4.28. The standard InChI is InChI=1S/C14H14N2O4/c1-19-11-5-3-4-9-10(8-15)16(14(18)13(9)11)7-6-12(17)20-2/h3-5,10H,6-7H2,1-2H3. The molecule has 0 aromatic heterocycles. The number of benzene rings is 1. The van der Waals surface area contributed by atoms with Crippen LogP contribution in [0.25, 0.3) is 0 Å². The van der Waals surface area contributed by atoms with Gasteiger partial charge in [-0.05, 0) is 6.07 Å². The maximum atomic E-state index is 12.4. The van der Waals surface area contributed by atoms with Gasteiger partial charge in [-0.2, -0.15) is 5.26 Å². The van der Waals surface area contributed by atoms with Crippen molar-refractivity contribution in [2.75, 3.05) is 20.8 Å². The number of esters is 1. The lowest BCUT2D eigenvalue weighted by atomic mass is 10.0. The van der Waals surface area contributed by atoms with Crippen LogP contribution in [0.5, 0.6) is 5.75 Å². The molecule has 104 valence electrons. The Morgan fingerprint density at radius 2 is 2.20 bits per heavy atom. The Kier molecular flexibility index (Phi) is 3.89. The molecule has 0 bridgehead atoms. The van der Waals surface area contributed by atoms with Crippen LogP contribution in [0.2, 0.25) is 0 Å². The number of amides is 1. The summed E-state index contributed by atoms with van der Waals surface area (Å²) in [5.41, 5.74) is 1.01. The van der Waals surface area contributed by atoms with Gasteiger partial charge in [-0.3, -0.25) is 9.59 Å². The largest absolute Gasteiger partial charge is 0.496 e. The van der Waals surface area contributed by atoms with Crippen molar-refractivity contribution < 1.29 is 19.1 Å². The highest BCUT2D eigenvalue weighted by Crippen LogP contribution is 2.38. The van der Waals surface area contributed by atoms with Gasteiger partial charge in [0.05, 0.1) is 32.3 Å². The third-order valence-electron chi connectivity index (χ3n) is 3.27. The highest BCUT2D eigenvalue weighted by atomic mass is 16.5. The summed E-state index contributed by atoms with van der Waals surface area (Å²) in [6, 6.07) is 6.53. The summed E-state index contributed by atoms with van der Waals surface area (Å²) >= 11 is 0. The van der Waals surface area contributed by atoms with E-state index in [1.807, 2.05) is 0 Å². The average Bonchev–Trinajstić information content (AvgIpc) is 2.76. The minimum atomic E-state index is -0.697. The van der Waals surface area contributed by atoms with Gasteiger partial charge in [0.1, 0.15) is 11.8 Å². The van der Waals surface area contributed by atoms with Crippen LogP contribution in [-0.2, 0) is 9.53 Å². The van der Waals surface area contributed by atoms with Gasteiger partial charge in [0.25, 0.3) is 5.91 Å². The number of ether oxygens (including phenoxy) is 2. The summed E-state index contributed by atoms with van der Waals surface area (Å²) in [5, 5.41) is 9.29. The van der Waals surface area contributed by atoms with Crippen molar-refractivity contribution in [1.29, 1.82) is 5.26 Å². The quantitative estimate of drug-likeness (QED) is 0.773. The van der Waals surface area contributed by atoms with Gasteiger partial charge in [-0.25, -0.2) is 0 Å². The van der Waals surface area contributed by atoms with Crippen LogP contribution in [0, 0.1) is 11.3 Å². The molecule has 1 aliphatic heterocycles. The lowest BCUT2D eigenvalue weighted by Crippen LogP contribution is -2.30. The van der Waals surface area contributed by atoms with Crippen LogP contribution in [0.4, 0.5) is 0 Å². The Balaban J connectivity index is 2.32. The van der Waals surface area contributed by atoms with Crippen LogP contribution in [0.1, 0.15) is 28.4 Å². The Hall–Kier alpha value is -2.55. The first kappa shape index (κ1) is 13.9. The molecule has 6 nitrogen and oxygen atoms in total. The normalized spacial score (nSPS) is 16.6. The van der Waals surface area contributed by atoms with Gasteiger partial charge in [-0.15, -0.1) is 0 Å². The van der Waals surface area contributed by atoms with E-state index < -0.39 is 12.0 Å². The first-order chi connectivity index (χ1) is 9.63. The van der Waals surface area contributed by atoms with Gasteiger partial charge in [0, 0.05) is 12.1 Å². The van der Waals surface area contributed by atoms with Crippen molar-refractivity contribution in [3.8, 4) is 11.8 Å². The summed E-state index contributed by atoms with van der Waals surface area (Å²) in [6.07, 6.45) is 0.0523. The number of fused-ring (bicyclic) bond motifs is 1. The molecule has 20 heavy (non-hydrogen) atoms. The highest BCUT2D eigenvalue weighted by Gasteiger charge is 2.39. The zero-order chi connectivity index (χ0) is 14.7. The van der Waals surface area contributed by atoms with Crippen molar-refractivity contribution >= 4 is 11.9 Å². The van der Waals surface area contributed by atoms with Crippen LogP contribution in [0.3, 0.4) is 0 Å². The minimum Gasteiger partial charge on any atom is -0.496 e. The Bertz CT molecular complexity index is 591. The van der Waals surface area contributed by atoms with Gasteiger partial charge < -0.3 is 14.4 Å². The van der Waals surface area contributed by atoms with Gasteiger partial charge in [0.2, 0.25) is 0 Å². The van der Waals surface area contributed by atoms with E-state index in [1.54, 1.807) is 18.2 Å². The second kappa shape index (κ2) is 5.61. The Labute approximate surface area is 116 Å². The number of carbonyl (C=O) groups is 2. The SMILES string of the molecule is COC(=O)CCN1C(=O)c2c(OC)cccc2C1C#N. The average molecular weight is 274 g/mol. The maximum absolute atomic E-state index is 12.4. The fourth-order valence-corrected chi connectivity index (χ4v) is 2.29. The lowest BCUT2D eigenvalue weighted by molar-refractivity contribution is -0.140. The predicted molar refractivity (Wildman–Crippen MR) is 69.0 cm³/mol. The van der Waals surface area contributed by atoms with Gasteiger partial charge >= 0.3 is 5.97 Å². The van der Waals surface area contributed by atoms with Crippen LogP contribution < -0.4 is 4.74 Å². The molecule has 0 aliphatic carbocycles. The molecule has 1 unspecified atom stereocenters. The van der Waals surface area contributed by atoms with Crippen molar-refractivity contribution in [2.45, 2.75) is 12.5 Å². The number of carbonyl (C=O) groups excluding carboxylic acids is 2. The highest BCUT2D eigenvalue weighted by molar-refractivity contribution is 6.02. The molecule has 0 fully saturated rings. The molecular formula is C14H14N2O4. The topological polar surface area (TPSA) is 79.6 Å². The van der Waals surface area contributed by atoms with E-state index in [4.69, 9.17) is 4.74 Å². The van der Waals surface area contributed by atoms with Crippen molar-refractivity contribution in [2.24, 2.45) is 0 Å². The van der Waals surface area contributed by atoms with E-state index in [0.29, 0.717) is 16.9 Å². The van der Waals surface area contributed by atoms with E-state index in [1.165, 1.54) is 19.1 Å². The molecule has 1 heterocycles. The van der Waals surface area contributed by atoms with Crippen LogP contribution >= 0.6 is 0 Å². The number of nitrogens with zero attached hydrogens (tertiary/aromatic N) is 2. The van der Waals surface area contributed by atoms with Crippen LogP contribution in [-0.4, -0.2) is 37.5 Å². The number of hydrogen-bond acceptors (Lipinski definition) is 5. The molecule has 0 spiro atoms. The molecule has 1 aromatic carbocycles. The summed E-state index contributed by atoms with van der Waals surface area (Å²) in [7, 11) is 2.76. The zero-order valence-electron chi connectivity index (χ0n) is 11.3. The fourth-order valence-electron chi connectivity index (χ4n) is 2.29. The minimum absolute atomic E-state index is 0.0523. The summed E-state index contributed by atoms with van der Waals surface area (Å²) in [5.74, 6) is -0.279. The summed E-state index contributed by atoms with van der Waals surface area (Å²) in [6.45, 7) is 0.140. The fraction of sp³-hybridized carbons (Fsp3) is 0.357. The molecule has 0 saturated carbocycles. The molecule has 6 heteroatoms. The number of methoxy groups -OCH3 is 2. The number of nitriles is 1. The second-order valence-corrected chi connectivity index (χ2v) is 4.28. The molecule has 1 amide bonds. The lowest BCUT2D eigenvalue weighted by Gasteiger charge is -2.19. The predicted octanol–water partition coefficient (Wildman–Crippen LogP) is 1.28. The molecule has 1 atom stereocenters. The number of hydrogen-bond donors (Lipinski definition) is 0. The molecule has 1 aliphatic rings. The third kappa shape index (κ3) is 2.18. The van der Waals surface area contributed by atoms with E-state index >= 15 is 0 Å². The Morgan fingerprint density at radius 3 is 2.80 bits per heavy atom. The molecule has 2 rings (SSSR count).